The summed E-state index contributed by atoms with van der Waals surface area (Å²) in [5, 5.41) is 2.98. The number of hydrogen-bond donors (Lipinski definition) is 1. The fourth-order valence-electron chi connectivity index (χ4n) is 4.56. The molecule has 0 aliphatic carbocycles. The predicted octanol–water partition coefficient (Wildman–Crippen LogP) is 5.37. The number of rotatable bonds is 8. The number of anilines is 2. The number of amides is 1. The molecule has 0 aromatic heterocycles. The predicted molar refractivity (Wildman–Crippen MR) is 146 cm³/mol. The van der Waals surface area contributed by atoms with Crippen molar-refractivity contribution in [3.63, 3.8) is 0 Å². The first-order chi connectivity index (χ1) is 17.2. The molecule has 190 valence electrons. The van der Waals surface area contributed by atoms with Crippen LogP contribution in [0.5, 0.6) is 0 Å². The van der Waals surface area contributed by atoms with Crippen molar-refractivity contribution in [3.8, 4) is 0 Å². The molecule has 0 radical (unpaired) electrons. The first-order valence-electron chi connectivity index (χ1n) is 12.5. The van der Waals surface area contributed by atoms with Crippen LogP contribution in [0.2, 0.25) is 0 Å². The molecule has 36 heavy (non-hydrogen) atoms. The quantitative estimate of drug-likeness (QED) is 0.447. The zero-order chi connectivity index (χ0) is 25.7. The molecule has 1 saturated heterocycles. The van der Waals surface area contributed by atoms with Gasteiger partial charge in [0, 0.05) is 18.8 Å². The number of piperidine rings is 1. The van der Waals surface area contributed by atoms with Crippen molar-refractivity contribution in [3.05, 3.63) is 89.5 Å². The monoisotopic (exact) mass is 505 g/mol. The Labute approximate surface area is 215 Å². The van der Waals surface area contributed by atoms with Crippen molar-refractivity contribution in [1.82, 2.24) is 5.32 Å². The van der Waals surface area contributed by atoms with Crippen molar-refractivity contribution < 1.29 is 13.2 Å². The molecule has 0 bridgehead atoms. The van der Waals surface area contributed by atoms with Crippen LogP contribution in [-0.4, -0.2) is 34.0 Å². The number of nitrogens with zero attached hydrogens (tertiary/aromatic N) is 2. The molecule has 1 aliphatic rings. The van der Waals surface area contributed by atoms with Gasteiger partial charge in [0.15, 0.2) is 0 Å². The molecule has 0 spiro atoms. The van der Waals surface area contributed by atoms with Crippen molar-refractivity contribution in [2.45, 2.75) is 51.0 Å². The molecule has 1 N–H and O–H groups in total. The molecular formula is C29H35N3O3S. The molecule has 3 aromatic rings. The highest BCUT2D eigenvalue weighted by atomic mass is 32.2. The Hall–Kier alpha value is -3.32. The molecular weight excluding hydrogens is 470 g/mol. The van der Waals surface area contributed by atoms with Gasteiger partial charge in [-0.3, -0.25) is 9.10 Å². The van der Waals surface area contributed by atoms with Crippen molar-refractivity contribution in [1.29, 1.82) is 0 Å². The lowest BCUT2D eigenvalue weighted by atomic mass is 10.1. The summed E-state index contributed by atoms with van der Waals surface area (Å²) in [4.78, 5) is 15.7. The Morgan fingerprint density at radius 2 is 1.58 bits per heavy atom. The zero-order valence-corrected chi connectivity index (χ0v) is 22.1. The number of sulfonamides is 1. The van der Waals surface area contributed by atoms with E-state index in [0.29, 0.717) is 5.69 Å². The van der Waals surface area contributed by atoms with E-state index in [4.69, 9.17) is 0 Å². The molecule has 7 heteroatoms. The second-order valence-corrected chi connectivity index (χ2v) is 11.5. The van der Waals surface area contributed by atoms with E-state index in [9.17, 15) is 13.2 Å². The molecule has 1 aliphatic heterocycles. The average Bonchev–Trinajstić information content (AvgIpc) is 2.88. The van der Waals surface area contributed by atoms with Crippen LogP contribution >= 0.6 is 0 Å². The number of carbonyl (C=O) groups excluding carboxylic acids is 1. The maximum absolute atomic E-state index is 13.6. The Bertz CT molecular complexity index is 1280. The van der Waals surface area contributed by atoms with E-state index in [1.54, 1.807) is 42.5 Å². The van der Waals surface area contributed by atoms with Gasteiger partial charge in [-0.15, -0.1) is 0 Å². The lowest BCUT2D eigenvalue weighted by Gasteiger charge is -2.29. The van der Waals surface area contributed by atoms with E-state index in [1.165, 1.54) is 29.3 Å². The number of aryl methyl sites for hydroxylation is 2. The SMILES string of the molecule is Cc1ccc(S(=O)(=O)N(CC(=O)NC(C)c2ccc(N3CCCCC3)cc2)c2cccc(C)c2)cc1. The second-order valence-electron chi connectivity index (χ2n) is 9.59. The molecule has 6 nitrogen and oxygen atoms in total. The molecule has 4 rings (SSSR count). The zero-order valence-electron chi connectivity index (χ0n) is 21.3. The van der Waals surface area contributed by atoms with E-state index >= 15 is 0 Å². The third-order valence-corrected chi connectivity index (χ3v) is 8.47. The Morgan fingerprint density at radius 1 is 0.917 bits per heavy atom. The standard InChI is InChI=1S/C29H35N3O3S/c1-22-10-16-28(17-11-22)36(34,35)32(27-9-7-8-23(2)20-27)21-29(33)30-24(3)25-12-14-26(15-13-25)31-18-5-4-6-19-31/h7-17,20,24H,4-6,18-19,21H2,1-3H3,(H,30,33). The van der Waals surface area contributed by atoms with Crippen LogP contribution in [-0.2, 0) is 14.8 Å². The molecule has 1 amide bonds. The molecule has 1 heterocycles. The summed E-state index contributed by atoms with van der Waals surface area (Å²) < 4.78 is 28.3. The van der Waals surface area contributed by atoms with Gasteiger partial charge in [-0.1, -0.05) is 42.0 Å². The van der Waals surface area contributed by atoms with Crippen LogP contribution < -0.4 is 14.5 Å². The van der Waals surface area contributed by atoms with Gasteiger partial charge in [-0.2, -0.15) is 0 Å². The van der Waals surface area contributed by atoms with Gasteiger partial charge >= 0.3 is 0 Å². The fraction of sp³-hybridized carbons (Fsp3) is 0.345. The third-order valence-electron chi connectivity index (χ3n) is 6.68. The second kappa shape index (κ2) is 11.2. The summed E-state index contributed by atoms with van der Waals surface area (Å²) >= 11 is 0. The normalized spacial score (nSPS) is 14.8. The summed E-state index contributed by atoms with van der Waals surface area (Å²) in [6, 6.07) is 21.9. The maximum Gasteiger partial charge on any atom is 0.264 e. The van der Waals surface area contributed by atoms with Gasteiger partial charge in [-0.25, -0.2) is 8.42 Å². The Kier molecular flexibility index (Phi) is 7.99. The van der Waals surface area contributed by atoms with E-state index in [1.807, 2.05) is 39.0 Å². The van der Waals surface area contributed by atoms with Crippen LogP contribution in [0.1, 0.15) is 48.9 Å². The minimum Gasteiger partial charge on any atom is -0.372 e. The van der Waals surface area contributed by atoms with Gasteiger partial charge in [-0.05, 0) is 87.6 Å². The van der Waals surface area contributed by atoms with Crippen LogP contribution in [0.15, 0.2) is 77.7 Å². The lowest BCUT2D eigenvalue weighted by molar-refractivity contribution is -0.120. The van der Waals surface area contributed by atoms with E-state index in [2.05, 4.69) is 22.3 Å². The summed E-state index contributed by atoms with van der Waals surface area (Å²) in [7, 11) is -3.93. The number of hydrogen-bond acceptors (Lipinski definition) is 4. The summed E-state index contributed by atoms with van der Waals surface area (Å²) in [5.41, 5.74) is 4.52. The highest BCUT2D eigenvalue weighted by Gasteiger charge is 2.28. The molecule has 1 atom stereocenters. The number of nitrogens with one attached hydrogen (secondary N) is 1. The highest BCUT2D eigenvalue weighted by molar-refractivity contribution is 7.92. The smallest absolute Gasteiger partial charge is 0.264 e. The van der Waals surface area contributed by atoms with E-state index < -0.39 is 10.0 Å². The van der Waals surface area contributed by atoms with Crippen LogP contribution in [0.25, 0.3) is 0 Å². The third kappa shape index (κ3) is 6.08. The Balaban J connectivity index is 1.51. The first-order valence-corrected chi connectivity index (χ1v) is 14.0. The van der Waals surface area contributed by atoms with Crippen LogP contribution in [0.4, 0.5) is 11.4 Å². The van der Waals surface area contributed by atoms with Gasteiger partial charge in [0.1, 0.15) is 6.54 Å². The minimum atomic E-state index is -3.93. The van der Waals surface area contributed by atoms with Gasteiger partial charge in [0.05, 0.1) is 16.6 Å². The van der Waals surface area contributed by atoms with Crippen LogP contribution in [0, 0.1) is 13.8 Å². The molecule has 0 saturated carbocycles. The number of benzene rings is 3. The highest BCUT2D eigenvalue weighted by Crippen LogP contribution is 2.26. The molecule has 1 unspecified atom stereocenters. The molecule has 3 aromatic carbocycles. The van der Waals surface area contributed by atoms with Crippen molar-refractivity contribution >= 4 is 27.3 Å². The van der Waals surface area contributed by atoms with Gasteiger partial charge in [0.25, 0.3) is 10.0 Å². The lowest BCUT2D eigenvalue weighted by Crippen LogP contribution is -2.41. The Morgan fingerprint density at radius 3 is 2.22 bits per heavy atom. The average molecular weight is 506 g/mol. The van der Waals surface area contributed by atoms with Crippen LogP contribution in [0.3, 0.4) is 0 Å². The summed E-state index contributed by atoms with van der Waals surface area (Å²) in [6.07, 6.45) is 3.73. The minimum absolute atomic E-state index is 0.156. The first kappa shape index (κ1) is 25.8. The largest absolute Gasteiger partial charge is 0.372 e. The number of carbonyl (C=O) groups is 1. The van der Waals surface area contributed by atoms with Gasteiger partial charge in [0.2, 0.25) is 5.91 Å². The maximum atomic E-state index is 13.6. The topological polar surface area (TPSA) is 69.7 Å². The van der Waals surface area contributed by atoms with E-state index in [0.717, 1.165) is 29.8 Å². The fourth-order valence-corrected chi connectivity index (χ4v) is 5.98. The van der Waals surface area contributed by atoms with Crippen molar-refractivity contribution in [2.24, 2.45) is 0 Å². The van der Waals surface area contributed by atoms with E-state index in [-0.39, 0.29) is 23.4 Å². The molecule has 1 fully saturated rings. The van der Waals surface area contributed by atoms with Crippen molar-refractivity contribution in [2.75, 3.05) is 28.8 Å². The van der Waals surface area contributed by atoms with Gasteiger partial charge < -0.3 is 10.2 Å². The summed E-state index contributed by atoms with van der Waals surface area (Å²) in [6.45, 7) is 7.57. The summed E-state index contributed by atoms with van der Waals surface area (Å²) in [5.74, 6) is -0.361.